The van der Waals surface area contributed by atoms with Crippen LogP contribution in [-0.4, -0.2) is 16.1 Å². The normalized spacial score (nSPS) is 10.7. The number of pyridine rings is 1. The number of hydrogen-bond acceptors (Lipinski definition) is 2. The summed E-state index contributed by atoms with van der Waals surface area (Å²) in [5, 5.41) is 9.20. The van der Waals surface area contributed by atoms with E-state index in [0.29, 0.717) is 16.7 Å². The lowest BCUT2D eigenvalue weighted by Gasteiger charge is -2.13. The van der Waals surface area contributed by atoms with E-state index >= 15 is 0 Å². The van der Waals surface area contributed by atoms with Crippen LogP contribution in [0, 0.1) is 18.6 Å². The zero-order valence-corrected chi connectivity index (χ0v) is 13.5. The number of benzene rings is 2. The minimum Gasteiger partial charge on any atom is -0.478 e. The van der Waals surface area contributed by atoms with Crippen molar-refractivity contribution in [2.75, 3.05) is 0 Å². The van der Waals surface area contributed by atoms with Gasteiger partial charge in [0, 0.05) is 18.2 Å². The Labute approximate surface area is 143 Å². The molecule has 0 unspecified atom stereocenters. The number of carboxylic acids is 1. The number of aromatic nitrogens is 1. The minimum absolute atomic E-state index is 0.0638. The SMILES string of the molecule is Cc1c(-c2ccccc2)cc(F)c(Cc2ncccc2C(=O)O)c1F. The van der Waals surface area contributed by atoms with E-state index in [1.54, 1.807) is 31.2 Å². The highest BCUT2D eigenvalue weighted by atomic mass is 19.1. The molecule has 0 fully saturated rings. The van der Waals surface area contributed by atoms with Crippen molar-refractivity contribution < 1.29 is 18.7 Å². The van der Waals surface area contributed by atoms with E-state index < -0.39 is 17.6 Å². The van der Waals surface area contributed by atoms with Crippen LogP contribution in [0.15, 0.2) is 54.7 Å². The van der Waals surface area contributed by atoms with Crippen molar-refractivity contribution in [3.05, 3.63) is 88.7 Å². The Hall–Kier alpha value is -3.08. The van der Waals surface area contributed by atoms with Crippen molar-refractivity contribution in [1.29, 1.82) is 0 Å². The van der Waals surface area contributed by atoms with Gasteiger partial charge in [-0.3, -0.25) is 4.98 Å². The van der Waals surface area contributed by atoms with E-state index in [1.807, 2.05) is 6.07 Å². The van der Waals surface area contributed by atoms with Crippen molar-refractivity contribution in [3.8, 4) is 11.1 Å². The van der Waals surface area contributed by atoms with Gasteiger partial charge in [0.15, 0.2) is 0 Å². The van der Waals surface area contributed by atoms with Gasteiger partial charge in [-0.05, 0) is 41.8 Å². The predicted molar refractivity (Wildman–Crippen MR) is 90.5 cm³/mol. The summed E-state index contributed by atoms with van der Waals surface area (Å²) in [7, 11) is 0. The molecular weight excluding hydrogens is 324 g/mol. The van der Waals surface area contributed by atoms with Crippen LogP contribution in [0.25, 0.3) is 11.1 Å². The maximum absolute atomic E-state index is 14.8. The number of halogens is 2. The maximum atomic E-state index is 14.8. The standard InChI is InChI=1S/C20H15F2NO2/c1-12-15(13-6-3-2-4-7-13)10-17(21)16(19(12)22)11-18-14(20(24)25)8-5-9-23-18/h2-10H,11H2,1H3,(H,24,25). The smallest absolute Gasteiger partial charge is 0.337 e. The summed E-state index contributed by atoms with van der Waals surface area (Å²) in [5.74, 6) is -2.58. The van der Waals surface area contributed by atoms with Crippen molar-refractivity contribution in [1.82, 2.24) is 4.98 Å². The Morgan fingerprint density at radius 1 is 1.12 bits per heavy atom. The summed E-state index contributed by atoms with van der Waals surface area (Å²) < 4.78 is 29.4. The van der Waals surface area contributed by atoms with Crippen LogP contribution in [-0.2, 0) is 6.42 Å². The molecule has 1 heterocycles. The molecule has 0 saturated heterocycles. The Balaban J connectivity index is 2.08. The highest BCUT2D eigenvalue weighted by Crippen LogP contribution is 2.30. The summed E-state index contributed by atoms with van der Waals surface area (Å²) in [6, 6.07) is 13.1. The van der Waals surface area contributed by atoms with E-state index in [2.05, 4.69) is 4.98 Å². The molecule has 0 atom stereocenters. The molecule has 0 bridgehead atoms. The van der Waals surface area contributed by atoms with Gasteiger partial charge in [-0.1, -0.05) is 30.3 Å². The third-order valence-electron chi connectivity index (χ3n) is 4.11. The molecule has 0 aliphatic heterocycles. The molecule has 0 radical (unpaired) electrons. The fourth-order valence-electron chi connectivity index (χ4n) is 2.79. The second-order valence-electron chi connectivity index (χ2n) is 5.67. The third kappa shape index (κ3) is 3.26. The molecule has 0 amide bonds. The first-order valence-corrected chi connectivity index (χ1v) is 7.69. The molecule has 0 saturated carbocycles. The van der Waals surface area contributed by atoms with Crippen LogP contribution in [0.1, 0.15) is 27.2 Å². The minimum atomic E-state index is -1.18. The molecule has 1 N–H and O–H groups in total. The Bertz CT molecular complexity index is 940. The number of hydrogen-bond donors (Lipinski definition) is 1. The Kier molecular flexibility index (Phi) is 4.57. The van der Waals surface area contributed by atoms with Gasteiger partial charge in [-0.15, -0.1) is 0 Å². The highest BCUT2D eigenvalue weighted by Gasteiger charge is 2.20. The number of carbonyl (C=O) groups is 1. The van der Waals surface area contributed by atoms with E-state index in [9.17, 15) is 18.7 Å². The largest absolute Gasteiger partial charge is 0.478 e. The fraction of sp³-hybridized carbons (Fsp3) is 0.100. The average molecular weight is 339 g/mol. The summed E-state index contributed by atoms with van der Waals surface area (Å²) in [6.45, 7) is 1.58. The number of aromatic carboxylic acids is 1. The average Bonchev–Trinajstić information content (AvgIpc) is 2.62. The monoisotopic (exact) mass is 339 g/mol. The summed E-state index contributed by atoms with van der Waals surface area (Å²) in [6.07, 6.45) is 1.18. The van der Waals surface area contributed by atoms with Crippen molar-refractivity contribution in [2.45, 2.75) is 13.3 Å². The Morgan fingerprint density at radius 2 is 1.84 bits per heavy atom. The highest BCUT2D eigenvalue weighted by molar-refractivity contribution is 5.88. The topological polar surface area (TPSA) is 50.2 Å². The van der Waals surface area contributed by atoms with Crippen LogP contribution in [0.4, 0.5) is 8.78 Å². The van der Waals surface area contributed by atoms with E-state index in [-0.39, 0.29) is 23.2 Å². The van der Waals surface area contributed by atoms with Gasteiger partial charge in [-0.2, -0.15) is 0 Å². The molecule has 0 spiro atoms. The van der Waals surface area contributed by atoms with Crippen LogP contribution in [0.3, 0.4) is 0 Å². The molecule has 3 aromatic rings. The van der Waals surface area contributed by atoms with E-state index in [4.69, 9.17) is 0 Å². The van der Waals surface area contributed by atoms with Gasteiger partial charge in [-0.25, -0.2) is 13.6 Å². The van der Waals surface area contributed by atoms with E-state index in [0.717, 1.165) is 0 Å². The molecule has 3 nitrogen and oxygen atoms in total. The van der Waals surface area contributed by atoms with Crippen LogP contribution >= 0.6 is 0 Å². The molecule has 126 valence electrons. The van der Waals surface area contributed by atoms with Gasteiger partial charge < -0.3 is 5.11 Å². The fourth-order valence-corrected chi connectivity index (χ4v) is 2.79. The molecule has 25 heavy (non-hydrogen) atoms. The van der Waals surface area contributed by atoms with Crippen molar-refractivity contribution >= 4 is 5.97 Å². The lowest BCUT2D eigenvalue weighted by atomic mass is 9.94. The quantitative estimate of drug-likeness (QED) is 0.754. The zero-order valence-electron chi connectivity index (χ0n) is 13.5. The predicted octanol–water partition coefficient (Wildman–Crippen LogP) is 4.62. The summed E-state index contributed by atoms with van der Waals surface area (Å²) in [5.41, 5.74) is 1.38. The third-order valence-corrected chi connectivity index (χ3v) is 4.11. The van der Waals surface area contributed by atoms with Gasteiger partial charge >= 0.3 is 5.97 Å². The van der Waals surface area contributed by atoms with Crippen LogP contribution in [0.5, 0.6) is 0 Å². The number of nitrogens with zero attached hydrogens (tertiary/aromatic N) is 1. The summed E-state index contributed by atoms with van der Waals surface area (Å²) in [4.78, 5) is 15.2. The molecule has 2 aromatic carbocycles. The Morgan fingerprint density at radius 3 is 2.52 bits per heavy atom. The first kappa shape index (κ1) is 16.8. The molecule has 5 heteroatoms. The summed E-state index contributed by atoms with van der Waals surface area (Å²) >= 11 is 0. The second-order valence-corrected chi connectivity index (χ2v) is 5.67. The van der Waals surface area contributed by atoms with Crippen LogP contribution < -0.4 is 0 Å². The van der Waals surface area contributed by atoms with Crippen LogP contribution in [0.2, 0.25) is 0 Å². The number of rotatable bonds is 4. The molecule has 3 rings (SSSR count). The maximum Gasteiger partial charge on any atom is 0.337 e. The molecule has 0 aliphatic rings. The molecule has 1 aromatic heterocycles. The van der Waals surface area contributed by atoms with Crippen molar-refractivity contribution in [2.24, 2.45) is 0 Å². The van der Waals surface area contributed by atoms with Gasteiger partial charge in [0.05, 0.1) is 11.3 Å². The first-order chi connectivity index (χ1) is 12.0. The van der Waals surface area contributed by atoms with Crippen molar-refractivity contribution in [3.63, 3.8) is 0 Å². The lowest BCUT2D eigenvalue weighted by molar-refractivity contribution is 0.0695. The second kappa shape index (κ2) is 6.81. The molecule has 0 aliphatic carbocycles. The number of carboxylic acid groups (broad SMARTS) is 1. The lowest BCUT2D eigenvalue weighted by Crippen LogP contribution is -2.08. The first-order valence-electron chi connectivity index (χ1n) is 7.69. The molecular formula is C20H15F2NO2. The van der Waals surface area contributed by atoms with Gasteiger partial charge in [0.2, 0.25) is 0 Å². The zero-order chi connectivity index (χ0) is 18.0. The van der Waals surface area contributed by atoms with E-state index in [1.165, 1.54) is 24.4 Å². The van der Waals surface area contributed by atoms with Gasteiger partial charge in [0.25, 0.3) is 0 Å². The van der Waals surface area contributed by atoms with Gasteiger partial charge in [0.1, 0.15) is 11.6 Å².